The number of nitrogens with one attached hydrogen (secondary N) is 1. The lowest BCUT2D eigenvalue weighted by Gasteiger charge is -2.40. The minimum absolute atomic E-state index is 0.110. The van der Waals surface area contributed by atoms with Crippen LogP contribution in [0, 0.1) is 17.8 Å². The van der Waals surface area contributed by atoms with Gasteiger partial charge in [0.2, 0.25) is 11.8 Å². The summed E-state index contributed by atoms with van der Waals surface area (Å²) in [6, 6.07) is 20.2. The normalized spacial score (nSPS) is 25.8. The molecule has 6 rings (SSSR count). The predicted octanol–water partition coefficient (Wildman–Crippen LogP) is 5.49. The number of esters is 1. The van der Waals surface area contributed by atoms with Crippen LogP contribution in [0.15, 0.2) is 98.1 Å². The number of fused-ring (bicyclic) bond motifs is 2. The molecule has 3 heterocycles. The molecule has 0 aromatic heterocycles. The largest absolute Gasteiger partial charge is 0.463 e. The second-order valence-corrected chi connectivity index (χ2v) is 15.3. The first-order valence-electron chi connectivity index (χ1n) is 17.8. The quantitative estimate of drug-likeness (QED) is 0.119. The van der Waals surface area contributed by atoms with Crippen molar-refractivity contribution in [3.63, 3.8) is 0 Å². The number of allylic oxidation sites excluding steroid dienone is 1. The highest BCUT2D eigenvalue weighted by Gasteiger charge is 2.77. The van der Waals surface area contributed by atoms with E-state index in [1.165, 1.54) is 4.90 Å². The number of benzene rings is 3. The van der Waals surface area contributed by atoms with Gasteiger partial charge in [-0.25, -0.2) is 0 Å². The summed E-state index contributed by atoms with van der Waals surface area (Å²) in [6.07, 6.45) is 3.50. The fourth-order valence-electron chi connectivity index (χ4n) is 8.21. The van der Waals surface area contributed by atoms with E-state index in [2.05, 4.69) is 34.4 Å². The number of amides is 3. The molecule has 3 aromatic carbocycles. The summed E-state index contributed by atoms with van der Waals surface area (Å²) in [5.41, 5.74) is 0.00331. The number of carbonyl (C=O) groups is 4. The second-order valence-electron chi connectivity index (χ2n) is 14.2. The zero-order chi connectivity index (χ0) is 37.2. The van der Waals surface area contributed by atoms with E-state index in [9.17, 15) is 19.5 Å². The van der Waals surface area contributed by atoms with Gasteiger partial charge in [-0.05, 0) is 47.2 Å². The van der Waals surface area contributed by atoms with Crippen molar-refractivity contribution in [1.82, 2.24) is 10.2 Å². The molecule has 52 heavy (non-hydrogen) atoms. The van der Waals surface area contributed by atoms with Gasteiger partial charge in [0.25, 0.3) is 5.91 Å². The Morgan fingerprint density at radius 3 is 2.46 bits per heavy atom. The Kier molecular flexibility index (Phi) is 11.3. The number of aliphatic hydroxyl groups excluding tert-OH is 1. The number of ether oxygens (including phenoxy) is 2. The predicted molar refractivity (Wildman–Crippen MR) is 202 cm³/mol. The molecule has 8 atom stereocenters. The molecule has 3 aliphatic heterocycles. The highest BCUT2D eigenvalue weighted by Crippen LogP contribution is 2.61. The monoisotopic (exact) mass is 771 g/mol. The maximum absolute atomic E-state index is 15.1. The Hall–Kier alpha value is -4.32. The lowest BCUT2D eigenvalue weighted by atomic mass is 9.70. The number of anilines is 1. The van der Waals surface area contributed by atoms with Gasteiger partial charge in [-0.1, -0.05) is 103 Å². The van der Waals surface area contributed by atoms with Gasteiger partial charge < -0.3 is 29.7 Å². The highest BCUT2D eigenvalue weighted by molar-refractivity contribution is 9.09. The number of aliphatic hydroxyl groups is 1. The molecule has 3 aromatic rings. The van der Waals surface area contributed by atoms with Crippen molar-refractivity contribution in [3.8, 4) is 0 Å². The zero-order valence-electron chi connectivity index (χ0n) is 29.5. The first kappa shape index (κ1) is 37.4. The average Bonchev–Trinajstić information content (AvgIpc) is 3.74. The van der Waals surface area contributed by atoms with Gasteiger partial charge >= 0.3 is 5.97 Å². The third kappa shape index (κ3) is 6.81. The minimum atomic E-state index is -1.35. The van der Waals surface area contributed by atoms with E-state index in [1.807, 2.05) is 86.6 Å². The van der Waals surface area contributed by atoms with Crippen molar-refractivity contribution in [3.05, 3.63) is 104 Å². The fraction of sp³-hybridized carbons (Fsp3) is 0.415. The van der Waals surface area contributed by atoms with Crippen molar-refractivity contribution in [2.45, 2.75) is 67.8 Å². The first-order chi connectivity index (χ1) is 25.1. The number of hydrogen-bond acceptors (Lipinski definition) is 7. The van der Waals surface area contributed by atoms with Crippen LogP contribution in [-0.2, 0) is 28.7 Å². The third-order valence-corrected chi connectivity index (χ3v) is 11.5. The van der Waals surface area contributed by atoms with Crippen molar-refractivity contribution >= 4 is 56.1 Å². The van der Waals surface area contributed by atoms with E-state index < -0.39 is 59.5 Å². The maximum Gasteiger partial charge on any atom is 0.306 e. The van der Waals surface area contributed by atoms with Crippen LogP contribution in [0.3, 0.4) is 0 Å². The van der Waals surface area contributed by atoms with E-state index in [4.69, 9.17) is 9.47 Å². The Morgan fingerprint density at radius 2 is 1.79 bits per heavy atom. The molecule has 0 aliphatic carbocycles. The number of carbonyl (C=O) groups excluding carboxylic acids is 4. The van der Waals surface area contributed by atoms with Gasteiger partial charge in [-0.3, -0.25) is 19.2 Å². The average molecular weight is 773 g/mol. The van der Waals surface area contributed by atoms with Gasteiger partial charge in [-0.15, -0.1) is 13.2 Å². The maximum atomic E-state index is 15.1. The van der Waals surface area contributed by atoms with Crippen LogP contribution in [-0.4, -0.2) is 82.1 Å². The molecule has 0 saturated carbocycles. The van der Waals surface area contributed by atoms with E-state index in [1.54, 1.807) is 17.1 Å². The number of rotatable bonds is 15. The van der Waals surface area contributed by atoms with Crippen molar-refractivity contribution < 1.29 is 33.8 Å². The molecule has 10 nitrogen and oxygen atoms in total. The molecular formula is C41H46BrN3O7. The van der Waals surface area contributed by atoms with E-state index in [0.29, 0.717) is 18.5 Å². The number of likely N-dealkylation sites (tertiary alicyclic amines) is 1. The van der Waals surface area contributed by atoms with Crippen LogP contribution in [0.1, 0.15) is 44.7 Å². The Labute approximate surface area is 313 Å². The summed E-state index contributed by atoms with van der Waals surface area (Å²) < 4.78 is 12.3. The van der Waals surface area contributed by atoms with Gasteiger partial charge in [0.1, 0.15) is 18.2 Å². The molecule has 1 unspecified atom stereocenters. The second kappa shape index (κ2) is 15.7. The minimum Gasteiger partial charge on any atom is -0.463 e. The van der Waals surface area contributed by atoms with Crippen LogP contribution in [0.2, 0.25) is 0 Å². The zero-order valence-corrected chi connectivity index (χ0v) is 31.1. The van der Waals surface area contributed by atoms with Gasteiger partial charge in [-0.2, -0.15) is 0 Å². The Balaban J connectivity index is 1.37. The van der Waals surface area contributed by atoms with Crippen LogP contribution < -0.4 is 10.2 Å². The summed E-state index contributed by atoms with van der Waals surface area (Å²) in [4.78, 5) is 59.7. The Morgan fingerprint density at radius 1 is 1.08 bits per heavy atom. The third-order valence-electron chi connectivity index (χ3n) is 10.7. The van der Waals surface area contributed by atoms with Crippen LogP contribution >= 0.6 is 15.9 Å². The lowest BCUT2D eigenvalue weighted by molar-refractivity contribution is -0.147. The SMILES string of the molecule is C=CCCC(=O)OC[C@@H](NC(=O)[C@@H]1[C@H]2O[C@@]3(CC2Br)[C@H](C(=O)N(CC=C)c2ccc4ccccc4c2)N([C@@H](CO)C(C)C)C(=O)[C@@H]13)c1ccccc1. The van der Waals surface area contributed by atoms with Crippen molar-refractivity contribution in [1.29, 1.82) is 0 Å². The summed E-state index contributed by atoms with van der Waals surface area (Å²) in [7, 11) is 0. The summed E-state index contributed by atoms with van der Waals surface area (Å²) in [6.45, 7) is 11.0. The summed E-state index contributed by atoms with van der Waals surface area (Å²) in [5, 5.41) is 15.7. The molecule has 2 bridgehead atoms. The van der Waals surface area contributed by atoms with Crippen LogP contribution in [0.5, 0.6) is 0 Å². The summed E-state index contributed by atoms with van der Waals surface area (Å²) >= 11 is 3.76. The summed E-state index contributed by atoms with van der Waals surface area (Å²) in [5.74, 6) is -3.82. The van der Waals surface area contributed by atoms with E-state index >= 15 is 4.79 Å². The Bertz CT molecular complexity index is 1840. The molecule has 3 amide bonds. The molecule has 1 spiro atoms. The van der Waals surface area contributed by atoms with Gasteiger partial charge in [0.15, 0.2) is 0 Å². The van der Waals surface area contributed by atoms with Gasteiger partial charge in [0, 0.05) is 23.5 Å². The molecule has 0 radical (unpaired) electrons. The van der Waals surface area contributed by atoms with Crippen molar-refractivity contribution in [2.75, 3.05) is 24.7 Å². The molecular weight excluding hydrogens is 726 g/mol. The van der Waals surface area contributed by atoms with Crippen LogP contribution in [0.4, 0.5) is 5.69 Å². The fourth-order valence-corrected chi connectivity index (χ4v) is 9.15. The van der Waals surface area contributed by atoms with E-state index in [0.717, 1.165) is 16.3 Å². The number of hydrogen-bond donors (Lipinski definition) is 2. The molecule has 274 valence electrons. The standard InChI is InChI=1S/C41H46BrN3O7/c1-5-7-17-33(47)51-24-31(27-14-9-8-10-15-27)43-38(48)34-35-39(49)45(32(23-46)25(3)4)37(41(35)22-30(42)36(34)52-41)40(50)44(20-6-2)29-19-18-26-13-11-12-16-28(26)21-29/h5-6,8-16,18-19,21,25,30-32,34-37,46H,1-2,7,17,20,22-24H2,3-4H3,(H,43,48)/t30?,31-,32+,34+,35-,36+,37+,41-/m1/s1. The van der Waals surface area contributed by atoms with Crippen molar-refractivity contribution in [2.24, 2.45) is 17.8 Å². The number of halogens is 1. The van der Waals surface area contributed by atoms with E-state index in [-0.39, 0.29) is 42.8 Å². The molecule has 11 heteroatoms. The molecule has 3 fully saturated rings. The molecule has 2 N–H and O–H groups in total. The lowest BCUT2D eigenvalue weighted by Crippen LogP contribution is -2.60. The van der Waals surface area contributed by atoms with Gasteiger partial charge in [0.05, 0.1) is 36.6 Å². The van der Waals surface area contributed by atoms with Crippen LogP contribution in [0.25, 0.3) is 10.8 Å². The topological polar surface area (TPSA) is 125 Å². The smallest absolute Gasteiger partial charge is 0.306 e. The number of nitrogens with zero attached hydrogens (tertiary/aromatic N) is 2. The first-order valence-corrected chi connectivity index (χ1v) is 18.8. The highest BCUT2D eigenvalue weighted by atomic mass is 79.9. The number of alkyl halides is 1. The molecule has 3 aliphatic rings. The molecule has 3 saturated heterocycles.